The van der Waals surface area contributed by atoms with Crippen LogP contribution in [0.4, 0.5) is 0 Å². The fourth-order valence-electron chi connectivity index (χ4n) is 1.22. The zero-order valence-electron chi connectivity index (χ0n) is 7.20. The topological polar surface area (TPSA) is 54.4 Å². The van der Waals surface area contributed by atoms with Gasteiger partial charge in [-0.3, -0.25) is 9.59 Å². The Morgan fingerprint density at radius 3 is 2.50 bits per heavy atom. The quantitative estimate of drug-likeness (QED) is 0.619. The van der Waals surface area contributed by atoms with Crippen LogP contribution in [-0.4, -0.2) is 22.8 Å². The molecule has 1 N–H and O–H groups in total. The molecule has 0 radical (unpaired) electrons. The van der Waals surface area contributed by atoms with Crippen molar-refractivity contribution in [1.82, 2.24) is 0 Å². The van der Waals surface area contributed by atoms with Gasteiger partial charge in [0.15, 0.2) is 11.6 Å². The minimum atomic E-state index is -0.911. The van der Waals surface area contributed by atoms with Crippen molar-refractivity contribution in [1.29, 1.82) is 0 Å². The van der Waals surface area contributed by atoms with Gasteiger partial charge in [0.25, 0.3) is 0 Å². The highest BCUT2D eigenvalue weighted by Gasteiger charge is 2.40. The lowest BCUT2D eigenvalue weighted by Gasteiger charge is -2.30. The van der Waals surface area contributed by atoms with Crippen LogP contribution < -0.4 is 0 Å². The van der Waals surface area contributed by atoms with E-state index in [1.54, 1.807) is 6.92 Å². The first-order valence-electron chi connectivity index (χ1n) is 3.90. The lowest BCUT2D eigenvalue weighted by molar-refractivity contribution is -0.135. The molecular formula is C9H12O3. The van der Waals surface area contributed by atoms with Gasteiger partial charge in [0.05, 0.1) is 11.5 Å². The van der Waals surface area contributed by atoms with Gasteiger partial charge in [-0.2, -0.15) is 0 Å². The Morgan fingerprint density at radius 2 is 2.08 bits per heavy atom. The molecule has 0 bridgehead atoms. The van der Waals surface area contributed by atoms with E-state index in [0.29, 0.717) is 0 Å². The number of aliphatic hydroxyl groups excluding tert-OH is 1. The second kappa shape index (κ2) is 2.83. The van der Waals surface area contributed by atoms with Gasteiger partial charge in [-0.1, -0.05) is 0 Å². The highest BCUT2D eigenvalue weighted by atomic mass is 16.3. The molecule has 0 amide bonds. The third-order valence-corrected chi connectivity index (χ3v) is 2.45. The third kappa shape index (κ3) is 1.32. The van der Waals surface area contributed by atoms with E-state index in [4.69, 9.17) is 0 Å². The number of hydrogen-bond acceptors (Lipinski definition) is 3. The van der Waals surface area contributed by atoms with Crippen LogP contribution in [0.15, 0.2) is 12.2 Å². The molecule has 0 fully saturated rings. The summed E-state index contributed by atoms with van der Waals surface area (Å²) >= 11 is 0. The summed E-state index contributed by atoms with van der Waals surface area (Å²) in [6, 6.07) is 0. The molecule has 1 aliphatic rings. The predicted molar refractivity (Wildman–Crippen MR) is 43.6 cm³/mol. The lowest BCUT2D eigenvalue weighted by atomic mass is 9.73. The Bertz CT molecular complexity index is 252. The number of carbonyl (C=O) groups excluding carboxylic acids is 2. The van der Waals surface area contributed by atoms with E-state index in [1.165, 1.54) is 19.1 Å². The van der Waals surface area contributed by atoms with Gasteiger partial charge >= 0.3 is 0 Å². The molecule has 0 saturated carbocycles. The number of rotatable bonds is 1. The van der Waals surface area contributed by atoms with Crippen LogP contribution >= 0.6 is 0 Å². The fourth-order valence-corrected chi connectivity index (χ4v) is 1.22. The van der Waals surface area contributed by atoms with E-state index in [0.717, 1.165) is 0 Å². The highest BCUT2D eigenvalue weighted by molar-refractivity contribution is 6.08. The number of carbonyl (C=O) groups is 2. The van der Waals surface area contributed by atoms with Crippen molar-refractivity contribution in [2.75, 3.05) is 0 Å². The van der Waals surface area contributed by atoms with Crippen molar-refractivity contribution in [3.8, 4) is 0 Å². The molecule has 2 atom stereocenters. The second-order valence-electron chi connectivity index (χ2n) is 3.43. The van der Waals surface area contributed by atoms with Crippen molar-refractivity contribution >= 4 is 11.6 Å². The Labute approximate surface area is 71.1 Å². The van der Waals surface area contributed by atoms with Gasteiger partial charge in [-0.15, -0.1) is 0 Å². The van der Waals surface area contributed by atoms with Gasteiger partial charge in [0, 0.05) is 6.42 Å². The minimum Gasteiger partial charge on any atom is -0.392 e. The van der Waals surface area contributed by atoms with E-state index < -0.39 is 11.5 Å². The molecule has 3 heteroatoms. The summed E-state index contributed by atoms with van der Waals surface area (Å²) in [5.74, 6) is -0.268. The molecule has 0 aromatic rings. The van der Waals surface area contributed by atoms with Crippen molar-refractivity contribution < 1.29 is 14.7 Å². The number of hydrogen-bond donors (Lipinski definition) is 1. The number of aliphatic hydroxyl groups is 1. The summed E-state index contributed by atoms with van der Waals surface area (Å²) < 4.78 is 0. The first kappa shape index (κ1) is 9.13. The van der Waals surface area contributed by atoms with Gasteiger partial charge in [0.2, 0.25) is 0 Å². The van der Waals surface area contributed by atoms with Gasteiger partial charge in [-0.05, 0) is 26.0 Å². The van der Waals surface area contributed by atoms with E-state index in [9.17, 15) is 14.7 Å². The maximum atomic E-state index is 11.3. The normalized spacial score (nSPS) is 32.2. The van der Waals surface area contributed by atoms with Gasteiger partial charge < -0.3 is 5.11 Å². The van der Waals surface area contributed by atoms with E-state index >= 15 is 0 Å². The molecule has 0 heterocycles. The average Bonchev–Trinajstić information content (AvgIpc) is 1.97. The molecule has 1 rings (SSSR count). The van der Waals surface area contributed by atoms with Crippen LogP contribution in [0.2, 0.25) is 0 Å². The Hall–Kier alpha value is -0.960. The molecular weight excluding hydrogens is 156 g/mol. The summed E-state index contributed by atoms with van der Waals surface area (Å²) in [7, 11) is 0. The smallest absolute Gasteiger partial charge is 0.164 e. The molecule has 12 heavy (non-hydrogen) atoms. The van der Waals surface area contributed by atoms with Crippen LogP contribution in [-0.2, 0) is 9.59 Å². The number of allylic oxidation sites excluding steroid dienone is 2. The Kier molecular flexibility index (Phi) is 2.15. The molecule has 3 nitrogen and oxygen atoms in total. The molecule has 0 aromatic carbocycles. The zero-order valence-corrected chi connectivity index (χ0v) is 7.20. The predicted octanol–water partition coefficient (Wildman–Crippen LogP) is 0.472. The molecule has 66 valence electrons. The molecule has 1 aliphatic carbocycles. The summed E-state index contributed by atoms with van der Waals surface area (Å²) in [5, 5.41) is 9.32. The van der Waals surface area contributed by atoms with E-state index in [2.05, 4.69) is 0 Å². The highest BCUT2D eigenvalue weighted by Crippen LogP contribution is 2.31. The van der Waals surface area contributed by atoms with Crippen LogP contribution in [0.3, 0.4) is 0 Å². The van der Waals surface area contributed by atoms with Crippen LogP contribution in [0, 0.1) is 5.41 Å². The van der Waals surface area contributed by atoms with E-state index in [1.807, 2.05) is 0 Å². The molecule has 0 saturated heterocycles. The molecule has 0 spiro atoms. The zero-order chi connectivity index (χ0) is 9.35. The van der Waals surface area contributed by atoms with Crippen LogP contribution in [0.25, 0.3) is 0 Å². The summed E-state index contributed by atoms with van der Waals surface area (Å²) in [6.45, 7) is 3.14. The maximum absolute atomic E-state index is 11.3. The third-order valence-electron chi connectivity index (χ3n) is 2.45. The summed E-state index contributed by atoms with van der Waals surface area (Å²) in [6.07, 6.45) is 1.85. The Balaban J connectivity index is 2.99. The van der Waals surface area contributed by atoms with Gasteiger partial charge in [0.1, 0.15) is 0 Å². The maximum Gasteiger partial charge on any atom is 0.164 e. The lowest BCUT2D eigenvalue weighted by Crippen LogP contribution is -2.41. The van der Waals surface area contributed by atoms with Crippen molar-refractivity contribution in [3.05, 3.63) is 12.2 Å². The van der Waals surface area contributed by atoms with Crippen molar-refractivity contribution in [2.24, 2.45) is 5.41 Å². The minimum absolute atomic E-state index is 0.0991. The largest absolute Gasteiger partial charge is 0.392 e. The Morgan fingerprint density at radius 1 is 1.50 bits per heavy atom. The monoisotopic (exact) mass is 168 g/mol. The molecule has 0 aliphatic heterocycles. The van der Waals surface area contributed by atoms with Gasteiger partial charge in [-0.25, -0.2) is 0 Å². The second-order valence-corrected chi connectivity index (χ2v) is 3.43. The first-order valence-corrected chi connectivity index (χ1v) is 3.90. The first-order chi connectivity index (χ1) is 5.47. The average molecular weight is 168 g/mol. The molecule has 2 unspecified atom stereocenters. The SMILES string of the molecule is CC(O)C1(C)CC(=O)C=CC1=O. The van der Waals surface area contributed by atoms with E-state index in [-0.39, 0.29) is 18.0 Å². The van der Waals surface area contributed by atoms with Crippen molar-refractivity contribution in [2.45, 2.75) is 26.4 Å². The van der Waals surface area contributed by atoms with Crippen molar-refractivity contribution in [3.63, 3.8) is 0 Å². The number of ketones is 2. The molecule has 0 aromatic heterocycles. The summed E-state index contributed by atoms with van der Waals surface area (Å²) in [4.78, 5) is 22.3. The summed E-state index contributed by atoms with van der Waals surface area (Å²) in [5.41, 5.74) is -0.911. The van der Waals surface area contributed by atoms with Crippen LogP contribution in [0.5, 0.6) is 0 Å². The fraction of sp³-hybridized carbons (Fsp3) is 0.556. The standard InChI is InChI=1S/C9H12O3/c1-6(10)9(2)5-7(11)3-4-8(9)12/h3-4,6,10H,5H2,1-2H3. The van der Waals surface area contributed by atoms with Crippen LogP contribution in [0.1, 0.15) is 20.3 Å².